The monoisotopic (exact) mass is 223 g/mol. The Morgan fingerprint density at radius 2 is 2.27 bits per heavy atom. The van der Waals surface area contributed by atoms with Gasteiger partial charge in [0, 0.05) is 16.5 Å². The zero-order chi connectivity index (χ0) is 11.0. The van der Waals surface area contributed by atoms with Crippen LogP contribution in [0.1, 0.15) is 17.4 Å². The molecule has 0 N–H and O–H groups in total. The quantitative estimate of drug-likeness (QED) is 0.742. The lowest BCUT2D eigenvalue weighted by molar-refractivity contribution is 0.155. The van der Waals surface area contributed by atoms with Crippen molar-refractivity contribution in [2.75, 3.05) is 6.61 Å². The Labute approximate surface area is 92.3 Å². The summed E-state index contributed by atoms with van der Waals surface area (Å²) >= 11 is 1.62. The van der Waals surface area contributed by atoms with E-state index in [1.807, 2.05) is 27.0 Å². The number of nitrogens with zero attached hydrogens (tertiary/aromatic N) is 1. The van der Waals surface area contributed by atoms with Gasteiger partial charge in [-0.3, -0.25) is 0 Å². The van der Waals surface area contributed by atoms with Crippen LogP contribution in [-0.4, -0.2) is 17.3 Å². The molecule has 0 saturated carbocycles. The molecule has 0 aliphatic heterocycles. The normalized spacial score (nSPS) is 10.9. The van der Waals surface area contributed by atoms with E-state index in [1.54, 1.807) is 15.9 Å². The summed E-state index contributed by atoms with van der Waals surface area (Å²) in [5, 5.41) is 1.14. The highest BCUT2D eigenvalue weighted by atomic mass is 32.1. The second-order valence-corrected chi connectivity index (χ2v) is 4.69. The molecule has 0 bridgehead atoms. The molecule has 0 radical (unpaired) electrons. The molecule has 80 valence electrons. The maximum atomic E-state index is 11.6. The molecule has 0 atom stereocenters. The molecule has 0 unspecified atom stereocenters. The van der Waals surface area contributed by atoms with E-state index < -0.39 is 0 Å². The molecule has 4 heteroatoms. The molecule has 0 aliphatic carbocycles. The van der Waals surface area contributed by atoms with Gasteiger partial charge in [-0.25, -0.2) is 9.36 Å². The lowest BCUT2D eigenvalue weighted by Crippen LogP contribution is -2.11. The minimum absolute atomic E-state index is 0.294. The molecule has 0 aliphatic rings. The van der Waals surface area contributed by atoms with Gasteiger partial charge < -0.3 is 4.74 Å². The summed E-state index contributed by atoms with van der Waals surface area (Å²) in [6, 6.07) is 2.10. The number of hydrogen-bond acceptors (Lipinski definition) is 3. The third-order valence-corrected chi connectivity index (χ3v) is 3.32. The van der Waals surface area contributed by atoms with Gasteiger partial charge in [0.15, 0.2) is 0 Å². The van der Waals surface area contributed by atoms with Gasteiger partial charge in [-0.15, -0.1) is 11.3 Å². The Bertz CT molecular complexity index is 510. The Morgan fingerprint density at radius 1 is 1.53 bits per heavy atom. The van der Waals surface area contributed by atoms with E-state index in [0.717, 1.165) is 15.8 Å². The van der Waals surface area contributed by atoms with Crippen LogP contribution in [0.5, 0.6) is 0 Å². The molecule has 0 fully saturated rings. The number of hydrogen-bond donors (Lipinski definition) is 0. The molecule has 2 aromatic rings. The van der Waals surface area contributed by atoms with Crippen molar-refractivity contribution in [3.63, 3.8) is 0 Å². The molecular formula is C11H13NO2S. The number of rotatable bonds is 1. The average Bonchev–Trinajstić information content (AvgIpc) is 2.67. The third kappa shape index (κ3) is 1.65. The lowest BCUT2D eigenvalue weighted by atomic mass is 10.3. The lowest BCUT2D eigenvalue weighted by Gasteiger charge is -2.01. The third-order valence-electron chi connectivity index (χ3n) is 2.27. The van der Waals surface area contributed by atoms with E-state index in [0.29, 0.717) is 6.61 Å². The predicted molar refractivity (Wildman–Crippen MR) is 61.7 cm³/mol. The summed E-state index contributed by atoms with van der Waals surface area (Å²) in [5.74, 6) is 0. The van der Waals surface area contributed by atoms with E-state index in [-0.39, 0.29) is 6.09 Å². The van der Waals surface area contributed by atoms with Gasteiger partial charge in [-0.05, 0) is 32.4 Å². The van der Waals surface area contributed by atoms with Crippen molar-refractivity contribution >= 4 is 27.6 Å². The van der Waals surface area contributed by atoms with Gasteiger partial charge in [0.2, 0.25) is 0 Å². The van der Waals surface area contributed by atoms with Crippen LogP contribution < -0.4 is 0 Å². The van der Waals surface area contributed by atoms with Crippen LogP contribution in [0.4, 0.5) is 4.79 Å². The van der Waals surface area contributed by atoms with Crippen molar-refractivity contribution < 1.29 is 9.53 Å². The second-order valence-electron chi connectivity index (χ2n) is 3.46. The van der Waals surface area contributed by atoms with Crippen molar-refractivity contribution in [2.24, 2.45) is 0 Å². The highest BCUT2D eigenvalue weighted by Crippen LogP contribution is 2.29. The molecular weight excluding hydrogens is 210 g/mol. The Kier molecular flexibility index (Phi) is 2.52. The Balaban J connectivity index is 2.55. The smallest absolute Gasteiger partial charge is 0.419 e. The molecule has 0 amide bonds. The first kappa shape index (κ1) is 10.2. The van der Waals surface area contributed by atoms with Crippen molar-refractivity contribution in [2.45, 2.75) is 20.8 Å². The minimum atomic E-state index is -0.294. The molecule has 0 aromatic carbocycles. The first-order chi connectivity index (χ1) is 7.13. The molecule has 2 rings (SSSR count). The molecule has 0 spiro atoms. The van der Waals surface area contributed by atoms with Gasteiger partial charge in [-0.1, -0.05) is 0 Å². The highest BCUT2D eigenvalue weighted by molar-refractivity contribution is 7.18. The van der Waals surface area contributed by atoms with Gasteiger partial charge in [0.1, 0.15) is 4.83 Å². The number of ether oxygens (including phenoxy) is 1. The van der Waals surface area contributed by atoms with Crippen LogP contribution in [-0.2, 0) is 4.74 Å². The number of fused-ring (bicyclic) bond motifs is 1. The summed E-state index contributed by atoms with van der Waals surface area (Å²) < 4.78 is 6.58. The van der Waals surface area contributed by atoms with Gasteiger partial charge >= 0.3 is 6.09 Å². The van der Waals surface area contributed by atoms with Crippen molar-refractivity contribution in [1.82, 2.24) is 4.57 Å². The number of carbonyl (C=O) groups excluding carboxylic acids is 1. The predicted octanol–water partition coefficient (Wildman–Crippen LogP) is 3.32. The van der Waals surface area contributed by atoms with Crippen LogP contribution in [0.25, 0.3) is 10.2 Å². The van der Waals surface area contributed by atoms with Crippen molar-refractivity contribution in [3.8, 4) is 0 Å². The van der Waals surface area contributed by atoms with Crippen LogP contribution in [0.2, 0.25) is 0 Å². The van der Waals surface area contributed by atoms with E-state index >= 15 is 0 Å². The largest absolute Gasteiger partial charge is 0.449 e. The number of aryl methyl sites for hydroxylation is 2. The summed E-state index contributed by atoms with van der Waals surface area (Å²) in [6.45, 7) is 6.26. The second kappa shape index (κ2) is 3.70. The number of carbonyl (C=O) groups is 1. The molecule has 2 heterocycles. The average molecular weight is 223 g/mol. The zero-order valence-electron chi connectivity index (χ0n) is 9.03. The highest BCUT2D eigenvalue weighted by Gasteiger charge is 2.14. The Morgan fingerprint density at radius 3 is 2.93 bits per heavy atom. The number of thiophene rings is 1. The van der Waals surface area contributed by atoms with Crippen LogP contribution >= 0.6 is 11.3 Å². The minimum Gasteiger partial charge on any atom is -0.449 e. The van der Waals surface area contributed by atoms with E-state index in [4.69, 9.17) is 4.74 Å². The first-order valence-electron chi connectivity index (χ1n) is 4.88. The van der Waals surface area contributed by atoms with E-state index in [9.17, 15) is 4.79 Å². The molecule has 3 nitrogen and oxygen atoms in total. The SMILES string of the molecule is CCOC(=O)n1cc(C)c2cc(C)sc21. The maximum Gasteiger partial charge on any atom is 0.419 e. The fourth-order valence-electron chi connectivity index (χ4n) is 1.61. The zero-order valence-corrected chi connectivity index (χ0v) is 9.85. The molecule has 0 saturated heterocycles. The molecule has 15 heavy (non-hydrogen) atoms. The summed E-state index contributed by atoms with van der Waals surface area (Å²) in [5.41, 5.74) is 1.11. The standard InChI is InChI=1S/C11H13NO2S/c1-4-14-11(13)12-6-7(2)9-5-8(3)15-10(9)12/h5-6H,4H2,1-3H3. The first-order valence-corrected chi connectivity index (χ1v) is 5.70. The maximum absolute atomic E-state index is 11.6. The van der Waals surface area contributed by atoms with Gasteiger partial charge in [-0.2, -0.15) is 0 Å². The van der Waals surface area contributed by atoms with Crippen LogP contribution in [0, 0.1) is 13.8 Å². The molecule has 2 aromatic heterocycles. The van der Waals surface area contributed by atoms with E-state index in [1.165, 1.54) is 4.88 Å². The van der Waals surface area contributed by atoms with Crippen LogP contribution in [0.3, 0.4) is 0 Å². The van der Waals surface area contributed by atoms with E-state index in [2.05, 4.69) is 6.07 Å². The van der Waals surface area contributed by atoms with Gasteiger partial charge in [0.25, 0.3) is 0 Å². The Hall–Kier alpha value is -1.29. The summed E-state index contributed by atoms with van der Waals surface area (Å²) in [6.07, 6.45) is 1.54. The topological polar surface area (TPSA) is 31.2 Å². The van der Waals surface area contributed by atoms with Gasteiger partial charge in [0.05, 0.1) is 6.61 Å². The fourth-order valence-corrected chi connectivity index (χ4v) is 2.65. The summed E-state index contributed by atoms with van der Waals surface area (Å²) in [7, 11) is 0. The summed E-state index contributed by atoms with van der Waals surface area (Å²) in [4.78, 5) is 13.8. The van der Waals surface area contributed by atoms with Crippen molar-refractivity contribution in [3.05, 3.63) is 22.7 Å². The van der Waals surface area contributed by atoms with Crippen LogP contribution in [0.15, 0.2) is 12.3 Å². The number of aromatic nitrogens is 1. The van der Waals surface area contributed by atoms with Crippen molar-refractivity contribution in [1.29, 1.82) is 0 Å². The fraction of sp³-hybridized carbons (Fsp3) is 0.364.